The summed E-state index contributed by atoms with van der Waals surface area (Å²) < 4.78 is 5.13. The van der Waals surface area contributed by atoms with E-state index in [1.54, 1.807) is 11.3 Å². The van der Waals surface area contributed by atoms with Crippen molar-refractivity contribution < 1.29 is 9.53 Å². The number of aromatic nitrogens is 1. The number of fused-ring (bicyclic) bond motifs is 1. The van der Waals surface area contributed by atoms with Crippen molar-refractivity contribution in [3.05, 3.63) is 10.6 Å². The largest absolute Gasteiger partial charge is 0.465 e. The normalized spacial score (nSPS) is 17.3. The molecule has 0 saturated carbocycles. The Balaban J connectivity index is 2.09. The van der Waals surface area contributed by atoms with E-state index in [0.717, 1.165) is 36.0 Å². The van der Waals surface area contributed by atoms with Crippen molar-refractivity contribution in [3.63, 3.8) is 0 Å². The van der Waals surface area contributed by atoms with Crippen LogP contribution in [0.15, 0.2) is 0 Å². The Morgan fingerprint density at radius 1 is 1.63 bits per heavy atom. The van der Waals surface area contributed by atoms with Crippen molar-refractivity contribution in [2.45, 2.75) is 25.7 Å². The van der Waals surface area contributed by atoms with Crippen LogP contribution in [0.25, 0.3) is 0 Å². The maximum Gasteiger partial charge on any atom is 0.315 e. The first-order valence-corrected chi connectivity index (χ1v) is 8.74. The van der Waals surface area contributed by atoms with Crippen LogP contribution in [0, 0.1) is 0 Å². The molecule has 1 aliphatic carbocycles. The molecule has 0 aliphatic heterocycles. The Morgan fingerprint density at radius 3 is 3.11 bits per heavy atom. The molecule has 1 atom stereocenters. The monoisotopic (exact) mass is 300 g/mol. The molecule has 0 amide bonds. The highest BCUT2D eigenvalue weighted by atomic mass is 32.2. The summed E-state index contributed by atoms with van der Waals surface area (Å²) in [4.78, 5) is 20.0. The van der Waals surface area contributed by atoms with E-state index in [1.807, 2.05) is 18.7 Å². The predicted octanol–water partition coefficient (Wildman–Crippen LogP) is 2.54. The van der Waals surface area contributed by atoms with E-state index in [4.69, 9.17) is 4.74 Å². The summed E-state index contributed by atoms with van der Waals surface area (Å²) in [7, 11) is 2.06. The average Bonchev–Trinajstić information content (AvgIpc) is 2.95. The fraction of sp³-hybridized carbons (Fsp3) is 0.692. The lowest BCUT2D eigenvalue weighted by molar-refractivity contribution is -0.145. The average molecular weight is 300 g/mol. The summed E-state index contributed by atoms with van der Waals surface area (Å²) in [5.41, 5.74) is 0.953. The number of rotatable bonds is 6. The molecule has 0 saturated heterocycles. The molecule has 106 valence electrons. The number of hydrogen-bond donors (Lipinski definition) is 0. The van der Waals surface area contributed by atoms with Gasteiger partial charge in [-0.2, -0.15) is 11.8 Å². The Bertz CT molecular complexity index is 448. The Hall–Kier alpha value is -0.750. The van der Waals surface area contributed by atoms with Crippen LogP contribution in [0.2, 0.25) is 0 Å². The van der Waals surface area contributed by atoms with Crippen LogP contribution in [0.4, 0.5) is 5.13 Å². The van der Waals surface area contributed by atoms with Gasteiger partial charge in [-0.05, 0) is 26.0 Å². The second-order valence-corrected chi connectivity index (χ2v) is 6.61. The first-order valence-electron chi connectivity index (χ1n) is 6.53. The van der Waals surface area contributed by atoms with Gasteiger partial charge in [-0.1, -0.05) is 0 Å². The van der Waals surface area contributed by atoms with E-state index in [1.165, 1.54) is 4.88 Å². The maximum atomic E-state index is 11.9. The summed E-state index contributed by atoms with van der Waals surface area (Å²) >= 11 is 3.55. The van der Waals surface area contributed by atoms with Gasteiger partial charge in [-0.15, -0.1) is 11.3 Å². The first-order chi connectivity index (χ1) is 9.17. The number of carbonyl (C=O) groups excluding carboxylic acids is 1. The van der Waals surface area contributed by atoms with Gasteiger partial charge in [-0.3, -0.25) is 4.79 Å². The van der Waals surface area contributed by atoms with E-state index in [9.17, 15) is 4.79 Å². The zero-order valence-corrected chi connectivity index (χ0v) is 13.3. The molecule has 0 bridgehead atoms. The number of thioether (sulfide) groups is 1. The lowest BCUT2D eigenvalue weighted by Crippen LogP contribution is -2.20. The summed E-state index contributed by atoms with van der Waals surface area (Å²) in [5.74, 6) is 0.820. The number of anilines is 1. The third-order valence-electron chi connectivity index (χ3n) is 3.23. The number of aryl methyl sites for hydroxylation is 1. The van der Waals surface area contributed by atoms with Crippen LogP contribution in [-0.2, 0) is 16.0 Å². The summed E-state index contributed by atoms with van der Waals surface area (Å²) in [6.45, 7) is 3.27. The molecule has 2 rings (SSSR count). The van der Waals surface area contributed by atoms with Gasteiger partial charge in [0.05, 0.1) is 12.3 Å². The molecule has 0 fully saturated rings. The minimum Gasteiger partial charge on any atom is -0.465 e. The quantitative estimate of drug-likeness (QED) is 0.755. The molecule has 1 aromatic heterocycles. The number of thiazole rings is 1. The van der Waals surface area contributed by atoms with Gasteiger partial charge in [0.2, 0.25) is 0 Å². The Kier molecular flexibility index (Phi) is 5.10. The standard InChI is InChI=1S/C13H20N2O2S2/c1-4-17-12(16)9-5-6-10-11(9)14-13(19-10)15(2)7-8-18-3/h9H,4-8H2,1-3H3. The van der Waals surface area contributed by atoms with Gasteiger partial charge in [0.1, 0.15) is 5.92 Å². The second kappa shape index (κ2) is 6.61. The molecular weight excluding hydrogens is 280 g/mol. The van der Waals surface area contributed by atoms with E-state index in [0.29, 0.717) is 6.61 Å². The number of esters is 1. The molecule has 1 aromatic rings. The van der Waals surface area contributed by atoms with Gasteiger partial charge in [0.25, 0.3) is 0 Å². The fourth-order valence-electron chi connectivity index (χ4n) is 2.17. The van der Waals surface area contributed by atoms with E-state index >= 15 is 0 Å². The van der Waals surface area contributed by atoms with Gasteiger partial charge < -0.3 is 9.64 Å². The molecule has 0 radical (unpaired) electrons. The second-order valence-electron chi connectivity index (χ2n) is 4.56. The van der Waals surface area contributed by atoms with Crippen LogP contribution in [-0.4, -0.2) is 43.2 Å². The molecular formula is C13H20N2O2S2. The predicted molar refractivity (Wildman–Crippen MR) is 81.5 cm³/mol. The van der Waals surface area contributed by atoms with Crippen molar-refractivity contribution in [2.75, 3.05) is 37.1 Å². The molecule has 1 unspecified atom stereocenters. The maximum absolute atomic E-state index is 11.9. The lowest BCUT2D eigenvalue weighted by atomic mass is 10.1. The SMILES string of the molecule is CCOC(=O)C1CCc2sc(N(C)CCSC)nc21. The molecule has 0 spiro atoms. The number of ether oxygens (including phenoxy) is 1. The zero-order chi connectivity index (χ0) is 13.8. The molecule has 0 N–H and O–H groups in total. The number of carbonyl (C=O) groups is 1. The van der Waals surface area contributed by atoms with Crippen molar-refractivity contribution in [1.82, 2.24) is 4.98 Å². The van der Waals surface area contributed by atoms with Crippen LogP contribution in [0.5, 0.6) is 0 Å². The summed E-state index contributed by atoms with van der Waals surface area (Å²) in [6.07, 6.45) is 3.90. The highest BCUT2D eigenvalue weighted by Gasteiger charge is 2.33. The van der Waals surface area contributed by atoms with Gasteiger partial charge >= 0.3 is 5.97 Å². The van der Waals surface area contributed by atoms with E-state index < -0.39 is 0 Å². The van der Waals surface area contributed by atoms with Crippen LogP contribution in [0.3, 0.4) is 0 Å². The number of hydrogen-bond acceptors (Lipinski definition) is 6. The van der Waals surface area contributed by atoms with Crippen LogP contribution >= 0.6 is 23.1 Å². The highest BCUT2D eigenvalue weighted by molar-refractivity contribution is 7.98. The number of nitrogens with zero attached hydrogens (tertiary/aromatic N) is 2. The smallest absolute Gasteiger partial charge is 0.315 e. The highest BCUT2D eigenvalue weighted by Crippen LogP contribution is 2.39. The topological polar surface area (TPSA) is 42.4 Å². The lowest BCUT2D eigenvalue weighted by Gasteiger charge is -2.15. The first kappa shape index (κ1) is 14.7. The van der Waals surface area contributed by atoms with Crippen molar-refractivity contribution in [2.24, 2.45) is 0 Å². The van der Waals surface area contributed by atoms with E-state index in [2.05, 4.69) is 23.2 Å². The molecule has 1 aliphatic rings. The van der Waals surface area contributed by atoms with Crippen LogP contribution < -0.4 is 4.90 Å². The Labute approximate surface area is 122 Å². The molecule has 19 heavy (non-hydrogen) atoms. The van der Waals surface area contributed by atoms with Gasteiger partial charge in [0, 0.05) is 24.2 Å². The van der Waals surface area contributed by atoms with Crippen LogP contribution in [0.1, 0.15) is 29.8 Å². The molecule has 6 heteroatoms. The molecule has 1 heterocycles. The minimum absolute atomic E-state index is 0.120. The van der Waals surface area contributed by atoms with Crippen molar-refractivity contribution >= 4 is 34.2 Å². The minimum atomic E-state index is -0.145. The molecule has 4 nitrogen and oxygen atoms in total. The molecule has 0 aromatic carbocycles. The Morgan fingerprint density at radius 2 is 2.42 bits per heavy atom. The third kappa shape index (κ3) is 3.23. The summed E-state index contributed by atoms with van der Waals surface area (Å²) in [6, 6.07) is 0. The van der Waals surface area contributed by atoms with Gasteiger partial charge in [-0.25, -0.2) is 4.98 Å². The summed E-state index contributed by atoms with van der Waals surface area (Å²) in [5, 5.41) is 1.02. The fourth-order valence-corrected chi connectivity index (χ4v) is 3.75. The van der Waals surface area contributed by atoms with Crippen molar-refractivity contribution in [1.29, 1.82) is 0 Å². The third-order valence-corrected chi connectivity index (χ3v) is 5.07. The van der Waals surface area contributed by atoms with E-state index in [-0.39, 0.29) is 11.9 Å². The zero-order valence-electron chi connectivity index (χ0n) is 11.6. The van der Waals surface area contributed by atoms with Crippen molar-refractivity contribution in [3.8, 4) is 0 Å². The van der Waals surface area contributed by atoms with Gasteiger partial charge in [0.15, 0.2) is 5.13 Å².